The lowest BCUT2D eigenvalue weighted by molar-refractivity contribution is -0.384. The highest BCUT2D eigenvalue weighted by Gasteiger charge is 2.13. The number of nitrogens with zero attached hydrogens (tertiary/aromatic N) is 2. The normalized spacial score (nSPS) is 10.8. The number of carbonyl (C=O) groups excluding carboxylic acids is 3. The van der Waals surface area contributed by atoms with E-state index in [1.165, 1.54) is 36.4 Å². The van der Waals surface area contributed by atoms with Gasteiger partial charge in [-0.05, 0) is 59.7 Å². The van der Waals surface area contributed by atoms with Crippen molar-refractivity contribution in [3.05, 3.63) is 136 Å². The Morgan fingerprint density at radius 1 is 0.930 bits per heavy atom. The van der Waals surface area contributed by atoms with Crippen LogP contribution >= 0.6 is 0 Å². The van der Waals surface area contributed by atoms with Crippen molar-refractivity contribution >= 4 is 41.4 Å². The molecule has 2 N–H and O–H groups in total. The quantitative estimate of drug-likeness (QED) is 0.0623. The number of esters is 1. The van der Waals surface area contributed by atoms with E-state index in [4.69, 9.17) is 9.47 Å². The third kappa shape index (κ3) is 8.95. The number of nitrogens with one attached hydrogen (secondary N) is 2. The summed E-state index contributed by atoms with van der Waals surface area (Å²) < 4.78 is 10.5. The minimum absolute atomic E-state index is 0.00331. The number of hydrogen-bond acceptors (Lipinski definition) is 8. The molecule has 0 aliphatic rings. The van der Waals surface area contributed by atoms with E-state index in [2.05, 4.69) is 15.8 Å². The maximum atomic E-state index is 12.6. The third-order valence-corrected chi connectivity index (χ3v) is 5.95. The van der Waals surface area contributed by atoms with Crippen LogP contribution in [-0.2, 0) is 16.0 Å². The lowest BCUT2D eigenvalue weighted by Crippen LogP contribution is -2.18. The molecule has 0 fully saturated rings. The van der Waals surface area contributed by atoms with Crippen LogP contribution in [0.3, 0.4) is 0 Å². The lowest BCUT2D eigenvalue weighted by Gasteiger charge is -2.07. The van der Waals surface area contributed by atoms with E-state index in [0.29, 0.717) is 11.4 Å². The smallest absolute Gasteiger partial charge is 0.336 e. The van der Waals surface area contributed by atoms with E-state index in [1.807, 2.05) is 30.3 Å². The van der Waals surface area contributed by atoms with E-state index in [9.17, 15) is 24.5 Å². The Balaban J connectivity index is 1.38. The summed E-state index contributed by atoms with van der Waals surface area (Å²) in [5.74, 6) is -0.813. The van der Waals surface area contributed by atoms with Crippen LogP contribution in [0.4, 0.5) is 11.4 Å². The zero-order chi connectivity index (χ0) is 30.6. The first-order valence-corrected chi connectivity index (χ1v) is 12.9. The fraction of sp³-hybridized carbons (Fsp3) is 0.0625. The summed E-state index contributed by atoms with van der Waals surface area (Å²) in [6.45, 7) is 0. The van der Waals surface area contributed by atoms with E-state index < -0.39 is 16.8 Å². The molecule has 43 heavy (non-hydrogen) atoms. The second-order valence-corrected chi connectivity index (χ2v) is 8.99. The van der Waals surface area contributed by atoms with E-state index >= 15 is 0 Å². The Morgan fingerprint density at radius 2 is 1.65 bits per heavy atom. The monoisotopic (exact) mass is 578 g/mol. The molecule has 0 unspecified atom stereocenters. The highest BCUT2D eigenvalue weighted by molar-refractivity contribution is 5.97. The van der Waals surface area contributed by atoms with E-state index in [-0.39, 0.29) is 34.9 Å². The molecule has 11 heteroatoms. The fourth-order valence-electron chi connectivity index (χ4n) is 3.78. The number of ether oxygens (including phenoxy) is 2. The zero-order valence-corrected chi connectivity index (χ0v) is 22.9. The average molecular weight is 579 g/mol. The second kappa shape index (κ2) is 14.5. The number of hydrogen-bond donors (Lipinski definition) is 2. The summed E-state index contributed by atoms with van der Waals surface area (Å²) in [5, 5.41) is 17.9. The first kappa shape index (κ1) is 29.9. The first-order valence-electron chi connectivity index (χ1n) is 12.9. The molecule has 0 heterocycles. The average Bonchev–Trinajstić information content (AvgIpc) is 3.01. The van der Waals surface area contributed by atoms with Crippen molar-refractivity contribution in [1.29, 1.82) is 0 Å². The predicted molar refractivity (Wildman–Crippen MR) is 161 cm³/mol. The van der Waals surface area contributed by atoms with Crippen LogP contribution in [0.1, 0.15) is 27.0 Å². The van der Waals surface area contributed by atoms with Crippen molar-refractivity contribution in [2.75, 3.05) is 12.4 Å². The number of methoxy groups -OCH3 is 1. The molecule has 0 aromatic heterocycles. The molecule has 4 aromatic carbocycles. The van der Waals surface area contributed by atoms with Crippen LogP contribution in [0.5, 0.6) is 11.5 Å². The van der Waals surface area contributed by atoms with E-state index in [1.54, 1.807) is 49.6 Å². The number of nitro groups is 1. The molecule has 0 spiro atoms. The minimum atomic E-state index is -0.723. The zero-order valence-electron chi connectivity index (χ0n) is 22.9. The van der Waals surface area contributed by atoms with Crippen LogP contribution < -0.4 is 20.2 Å². The number of nitro benzene ring substituents is 1. The Kier molecular flexibility index (Phi) is 10.1. The standard InChI is InChI=1S/C32H26N4O7/c1-42-28-15-7-22(8-16-28)9-18-31(38)43-29-17-14-27(36(40)41)20-25(29)21-33-35-32(39)24-10-12-26(13-11-24)34-30(37)19-23-5-3-2-4-6-23/h2-18,20-21H,19H2,1H3,(H,34,37)(H,35,39)/b18-9+,33-21+. The van der Waals surface area contributed by atoms with Crippen molar-refractivity contribution in [3.8, 4) is 11.5 Å². The highest BCUT2D eigenvalue weighted by Crippen LogP contribution is 2.23. The predicted octanol–water partition coefficient (Wildman–Crippen LogP) is 5.17. The van der Waals surface area contributed by atoms with Gasteiger partial charge < -0.3 is 14.8 Å². The minimum Gasteiger partial charge on any atom is -0.497 e. The first-order chi connectivity index (χ1) is 20.8. The summed E-state index contributed by atoms with van der Waals surface area (Å²) in [4.78, 5) is 48.0. The van der Waals surface area contributed by atoms with Gasteiger partial charge in [-0.1, -0.05) is 42.5 Å². The Morgan fingerprint density at radius 3 is 2.33 bits per heavy atom. The lowest BCUT2D eigenvalue weighted by atomic mass is 10.1. The van der Waals surface area contributed by atoms with Gasteiger partial charge in [0, 0.05) is 35.0 Å². The van der Waals surface area contributed by atoms with Gasteiger partial charge in [0.05, 0.1) is 24.7 Å². The van der Waals surface area contributed by atoms with Crippen LogP contribution in [0, 0.1) is 10.1 Å². The summed E-state index contributed by atoms with van der Waals surface area (Å²) in [6, 6.07) is 26.1. The summed E-state index contributed by atoms with van der Waals surface area (Å²) in [6.07, 6.45) is 4.10. The van der Waals surface area contributed by atoms with Crippen molar-refractivity contribution in [2.45, 2.75) is 6.42 Å². The Hall–Kier alpha value is -6.10. The van der Waals surface area contributed by atoms with Gasteiger partial charge in [0.1, 0.15) is 11.5 Å². The van der Waals surface area contributed by atoms with Gasteiger partial charge in [-0.15, -0.1) is 0 Å². The van der Waals surface area contributed by atoms with Gasteiger partial charge in [-0.3, -0.25) is 19.7 Å². The molecule has 0 aliphatic carbocycles. The highest BCUT2D eigenvalue weighted by atomic mass is 16.6. The number of hydrazone groups is 1. The number of carbonyl (C=O) groups is 3. The van der Waals surface area contributed by atoms with Crippen LogP contribution in [0.25, 0.3) is 6.08 Å². The van der Waals surface area contributed by atoms with Crippen LogP contribution in [0.15, 0.2) is 108 Å². The van der Waals surface area contributed by atoms with Gasteiger partial charge >= 0.3 is 5.97 Å². The van der Waals surface area contributed by atoms with E-state index in [0.717, 1.165) is 17.3 Å². The van der Waals surface area contributed by atoms with Crippen molar-refractivity contribution in [3.63, 3.8) is 0 Å². The largest absolute Gasteiger partial charge is 0.497 e. The molecule has 4 aromatic rings. The molecule has 0 aliphatic heterocycles. The van der Waals surface area contributed by atoms with Gasteiger partial charge in [0.25, 0.3) is 11.6 Å². The molecule has 216 valence electrons. The second-order valence-electron chi connectivity index (χ2n) is 8.99. The SMILES string of the molecule is COc1ccc(/C=C/C(=O)Oc2ccc([N+](=O)[O-])cc2/C=N/NC(=O)c2ccc(NC(=O)Cc3ccccc3)cc2)cc1. The molecule has 2 amide bonds. The number of non-ortho nitro benzene ring substituents is 1. The number of benzene rings is 4. The summed E-state index contributed by atoms with van der Waals surface area (Å²) >= 11 is 0. The van der Waals surface area contributed by atoms with Crippen LogP contribution in [0.2, 0.25) is 0 Å². The molecule has 0 radical (unpaired) electrons. The molecular weight excluding hydrogens is 552 g/mol. The van der Waals surface area contributed by atoms with Gasteiger partial charge in [-0.2, -0.15) is 5.10 Å². The number of amides is 2. The topological polar surface area (TPSA) is 149 Å². The Bertz CT molecular complexity index is 1670. The molecular formula is C32H26N4O7. The summed E-state index contributed by atoms with van der Waals surface area (Å²) in [5.41, 5.74) is 4.55. The van der Waals surface area contributed by atoms with Crippen molar-refractivity contribution < 1.29 is 28.8 Å². The molecule has 0 saturated heterocycles. The van der Waals surface area contributed by atoms with Gasteiger partial charge in [-0.25, -0.2) is 10.2 Å². The maximum absolute atomic E-state index is 12.6. The molecule has 0 atom stereocenters. The molecule has 4 rings (SSSR count). The number of rotatable bonds is 11. The maximum Gasteiger partial charge on any atom is 0.336 e. The number of anilines is 1. The molecule has 0 bridgehead atoms. The molecule has 0 saturated carbocycles. The van der Waals surface area contributed by atoms with Crippen LogP contribution in [-0.4, -0.2) is 36.0 Å². The van der Waals surface area contributed by atoms with Gasteiger partial charge in [0.15, 0.2) is 0 Å². The molecule has 11 nitrogen and oxygen atoms in total. The van der Waals surface area contributed by atoms with Crippen molar-refractivity contribution in [1.82, 2.24) is 5.43 Å². The fourth-order valence-corrected chi connectivity index (χ4v) is 3.78. The van der Waals surface area contributed by atoms with Gasteiger partial charge in [0.2, 0.25) is 5.91 Å². The van der Waals surface area contributed by atoms with Crippen molar-refractivity contribution in [2.24, 2.45) is 5.10 Å². The third-order valence-electron chi connectivity index (χ3n) is 5.95. The summed E-state index contributed by atoms with van der Waals surface area (Å²) in [7, 11) is 1.55. The Labute approximate surface area is 246 Å².